The SMILES string of the molecule is COC(=O)c1ccc(C#Cc2cc(C)c(C)c(C)c2)cc1C. The van der Waals surface area contributed by atoms with Crippen LogP contribution >= 0.6 is 0 Å². The van der Waals surface area contributed by atoms with E-state index in [0.29, 0.717) is 5.56 Å². The van der Waals surface area contributed by atoms with E-state index in [-0.39, 0.29) is 5.97 Å². The monoisotopic (exact) mass is 292 g/mol. The molecular formula is C20H20O2. The molecule has 0 atom stereocenters. The molecule has 0 N–H and O–H groups in total. The lowest BCUT2D eigenvalue weighted by molar-refractivity contribution is 0.0600. The molecule has 0 amide bonds. The average Bonchev–Trinajstić information content (AvgIpc) is 2.49. The molecule has 22 heavy (non-hydrogen) atoms. The second-order valence-corrected chi connectivity index (χ2v) is 5.51. The van der Waals surface area contributed by atoms with Gasteiger partial charge in [-0.05, 0) is 80.3 Å². The maximum Gasteiger partial charge on any atom is 0.338 e. The highest BCUT2D eigenvalue weighted by Gasteiger charge is 2.08. The summed E-state index contributed by atoms with van der Waals surface area (Å²) in [5.41, 5.74) is 7.16. The van der Waals surface area contributed by atoms with Crippen molar-refractivity contribution in [3.63, 3.8) is 0 Å². The van der Waals surface area contributed by atoms with E-state index in [9.17, 15) is 4.79 Å². The Labute approximate surface area is 132 Å². The number of carbonyl (C=O) groups excluding carboxylic acids is 1. The van der Waals surface area contributed by atoms with Crippen molar-refractivity contribution >= 4 is 5.97 Å². The Balaban J connectivity index is 2.33. The molecule has 112 valence electrons. The smallest absolute Gasteiger partial charge is 0.338 e. The lowest BCUT2D eigenvalue weighted by Crippen LogP contribution is -2.03. The zero-order valence-electron chi connectivity index (χ0n) is 13.7. The summed E-state index contributed by atoms with van der Waals surface area (Å²) in [5, 5.41) is 0. The van der Waals surface area contributed by atoms with Crippen LogP contribution in [0.4, 0.5) is 0 Å². The zero-order valence-corrected chi connectivity index (χ0v) is 13.7. The van der Waals surface area contributed by atoms with E-state index in [4.69, 9.17) is 4.74 Å². The Morgan fingerprint density at radius 2 is 1.41 bits per heavy atom. The molecule has 0 aliphatic rings. The molecule has 0 heterocycles. The first-order valence-electron chi connectivity index (χ1n) is 7.21. The van der Waals surface area contributed by atoms with Gasteiger partial charge >= 0.3 is 5.97 Å². The van der Waals surface area contributed by atoms with Gasteiger partial charge in [-0.3, -0.25) is 0 Å². The van der Waals surface area contributed by atoms with Gasteiger partial charge in [0.25, 0.3) is 0 Å². The standard InChI is InChI=1S/C20H20O2/c1-13-10-18(11-14(2)16(13)4)7-6-17-8-9-19(15(3)12-17)20(21)22-5/h8-12H,1-5H3. The average molecular weight is 292 g/mol. The highest BCUT2D eigenvalue weighted by Crippen LogP contribution is 2.15. The summed E-state index contributed by atoms with van der Waals surface area (Å²) in [6, 6.07) is 9.72. The lowest BCUT2D eigenvalue weighted by atomic mass is 10.0. The van der Waals surface area contributed by atoms with Crippen molar-refractivity contribution in [2.24, 2.45) is 0 Å². The Hall–Kier alpha value is -2.53. The van der Waals surface area contributed by atoms with Crippen molar-refractivity contribution in [3.05, 3.63) is 69.3 Å². The summed E-state index contributed by atoms with van der Waals surface area (Å²) in [6.45, 7) is 8.21. The number of aryl methyl sites for hydroxylation is 3. The van der Waals surface area contributed by atoms with E-state index in [1.807, 2.05) is 19.1 Å². The van der Waals surface area contributed by atoms with E-state index >= 15 is 0 Å². The molecule has 2 aromatic rings. The van der Waals surface area contributed by atoms with Crippen molar-refractivity contribution in [3.8, 4) is 11.8 Å². The van der Waals surface area contributed by atoms with Gasteiger partial charge in [-0.2, -0.15) is 0 Å². The van der Waals surface area contributed by atoms with Crippen molar-refractivity contribution in [2.45, 2.75) is 27.7 Å². The van der Waals surface area contributed by atoms with Gasteiger partial charge in [0.05, 0.1) is 12.7 Å². The van der Waals surface area contributed by atoms with Crippen LogP contribution in [0.1, 0.15) is 43.7 Å². The maximum atomic E-state index is 11.6. The Kier molecular flexibility index (Phi) is 4.68. The van der Waals surface area contributed by atoms with E-state index in [1.165, 1.54) is 23.8 Å². The minimum atomic E-state index is -0.318. The summed E-state index contributed by atoms with van der Waals surface area (Å²) in [6.07, 6.45) is 0. The van der Waals surface area contributed by atoms with Crippen LogP contribution in [0.15, 0.2) is 30.3 Å². The van der Waals surface area contributed by atoms with E-state index in [0.717, 1.165) is 16.7 Å². The lowest BCUT2D eigenvalue weighted by Gasteiger charge is -2.05. The summed E-state index contributed by atoms with van der Waals surface area (Å²) in [5.74, 6) is 6.03. The van der Waals surface area contributed by atoms with Crippen molar-refractivity contribution in [2.75, 3.05) is 7.11 Å². The molecule has 0 fully saturated rings. The number of rotatable bonds is 1. The second-order valence-electron chi connectivity index (χ2n) is 5.51. The molecular weight excluding hydrogens is 272 g/mol. The molecule has 2 heteroatoms. The van der Waals surface area contributed by atoms with Gasteiger partial charge in [0.1, 0.15) is 0 Å². The Morgan fingerprint density at radius 1 is 0.864 bits per heavy atom. The molecule has 0 unspecified atom stereocenters. The minimum absolute atomic E-state index is 0.318. The van der Waals surface area contributed by atoms with Crippen LogP contribution in [-0.2, 0) is 4.74 Å². The molecule has 0 radical (unpaired) electrons. The van der Waals surface area contributed by atoms with Gasteiger partial charge in [-0.1, -0.05) is 11.8 Å². The summed E-state index contributed by atoms with van der Waals surface area (Å²) in [4.78, 5) is 11.6. The molecule has 0 bridgehead atoms. The first kappa shape index (κ1) is 15.9. The van der Waals surface area contributed by atoms with Crippen LogP contribution in [-0.4, -0.2) is 13.1 Å². The van der Waals surface area contributed by atoms with Crippen LogP contribution in [0.25, 0.3) is 0 Å². The Morgan fingerprint density at radius 3 is 1.95 bits per heavy atom. The maximum absolute atomic E-state index is 11.6. The highest BCUT2D eigenvalue weighted by molar-refractivity contribution is 5.91. The summed E-state index contributed by atoms with van der Waals surface area (Å²) < 4.78 is 4.75. The predicted octanol–water partition coefficient (Wildman–Crippen LogP) is 4.11. The number of hydrogen-bond donors (Lipinski definition) is 0. The van der Waals surface area contributed by atoms with Crippen molar-refractivity contribution < 1.29 is 9.53 Å². The third kappa shape index (κ3) is 3.38. The van der Waals surface area contributed by atoms with Gasteiger partial charge < -0.3 is 4.74 Å². The van der Waals surface area contributed by atoms with Gasteiger partial charge in [0.15, 0.2) is 0 Å². The molecule has 0 saturated carbocycles. The number of methoxy groups -OCH3 is 1. The number of ether oxygens (including phenoxy) is 1. The van der Waals surface area contributed by atoms with Crippen molar-refractivity contribution in [1.82, 2.24) is 0 Å². The van der Waals surface area contributed by atoms with Gasteiger partial charge in [-0.15, -0.1) is 0 Å². The Bertz CT molecular complexity index is 766. The van der Waals surface area contributed by atoms with Gasteiger partial charge in [0.2, 0.25) is 0 Å². The fourth-order valence-electron chi connectivity index (χ4n) is 2.33. The van der Waals surface area contributed by atoms with Crippen LogP contribution in [0.2, 0.25) is 0 Å². The molecule has 0 aliphatic carbocycles. The van der Waals surface area contributed by atoms with Crippen LogP contribution in [0.5, 0.6) is 0 Å². The zero-order chi connectivity index (χ0) is 16.3. The van der Waals surface area contributed by atoms with E-state index < -0.39 is 0 Å². The van der Waals surface area contributed by atoms with Crippen LogP contribution in [0, 0.1) is 39.5 Å². The number of esters is 1. The van der Waals surface area contributed by atoms with Gasteiger partial charge in [0, 0.05) is 11.1 Å². The largest absolute Gasteiger partial charge is 0.465 e. The molecule has 2 rings (SSSR count). The molecule has 0 aliphatic heterocycles. The minimum Gasteiger partial charge on any atom is -0.465 e. The van der Waals surface area contributed by atoms with E-state index in [2.05, 4.69) is 44.7 Å². The molecule has 0 spiro atoms. The third-order valence-corrected chi connectivity index (χ3v) is 3.91. The number of benzene rings is 2. The molecule has 2 nitrogen and oxygen atoms in total. The van der Waals surface area contributed by atoms with Crippen LogP contribution in [0.3, 0.4) is 0 Å². The highest BCUT2D eigenvalue weighted by atomic mass is 16.5. The van der Waals surface area contributed by atoms with Crippen LogP contribution < -0.4 is 0 Å². The summed E-state index contributed by atoms with van der Waals surface area (Å²) >= 11 is 0. The third-order valence-electron chi connectivity index (χ3n) is 3.91. The van der Waals surface area contributed by atoms with Crippen molar-refractivity contribution in [1.29, 1.82) is 0 Å². The normalized spacial score (nSPS) is 9.86. The quantitative estimate of drug-likeness (QED) is 0.584. The fraction of sp³-hybridized carbons (Fsp3) is 0.250. The second kappa shape index (κ2) is 6.49. The predicted molar refractivity (Wildman–Crippen MR) is 89.2 cm³/mol. The summed E-state index contributed by atoms with van der Waals surface area (Å²) in [7, 11) is 1.39. The van der Waals surface area contributed by atoms with E-state index in [1.54, 1.807) is 6.07 Å². The molecule has 2 aromatic carbocycles. The molecule has 0 aromatic heterocycles. The first-order chi connectivity index (χ1) is 10.4. The molecule has 0 saturated heterocycles. The fourth-order valence-corrected chi connectivity index (χ4v) is 2.33. The number of carbonyl (C=O) groups is 1. The number of hydrogen-bond acceptors (Lipinski definition) is 2. The van der Waals surface area contributed by atoms with Gasteiger partial charge in [-0.25, -0.2) is 4.79 Å². The first-order valence-corrected chi connectivity index (χ1v) is 7.21. The topological polar surface area (TPSA) is 26.3 Å².